The summed E-state index contributed by atoms with van der Waals surface area (Å²) in [5.41, 5.74) is 0.620. The molecule has 31 heavy (non-hydrogen) atoms. The fourth-order valence-electron chi connectivity index (χ4n) is 3.50. The summed E-state index contributed by atoms with van der Waals surface area (Å²) in [7, 11) is 0. The van der Waals surface area contributed by atoms with Crippen molar-refractivity contribution in [2.75, 3.05) is 19.8 Å². The first-order chi connectivity index (χ1) is 14.9. The first-order valence-corrected chi connectivity index (χ1v) is 11.4. The number of rotatable bonds is 9. The summed E-state index contributed by atoms with van der Waals surface area (Å²) < 4.78 is 16.6. The third-order valence-corrected chi connectivity index (χ3v) is 5.66. The lowest BCUT2D eigenvalue weighted by Crippen LogP contribution is -2.41. The summed E-state index contributed by atoms with van der Waals surface area (Å²) in [6, 6.07) is 5.45. The van der Waals surface area contributed by atoms with Gasteiger partial charge in [-0.25, -0.2) is 4.79 Å². The molecule has 7 nitrogen and oxygen atoms in total. The molecule has 1 aromatic carbocycles. The number of amides is 1. The van der Waals surface area contributed by atoms with Crippen LogP contribution in [-0.4, -0.2) is 37.7 Å². The number of nitrogens with zero attached hydrogens (tertiary/aromatic N) is 1. The number of benzene rings is 1. The average molecular weight is 493 g/mol. The highest BCUT2D eigenvalue weighted by Crippen LogP contribution is 2.37. The van der Waals surface area contributed by atoms with Gasteiger partial charge in [0.05, 0.1) is 17.7 Å². The lowest BCUT2D eigenvalue weighted by molar-refractivity contribution is -0.145. The topological polar surface area (TPSA) is 97.7 Å². The van der Waals surface area contributed by atoms with Crippen LogP contribution in [0.5, 0.6) is 11.5 Å². The molecule has 1 aliphatic carbocycles. The smallest absolute Gasteiger partial charge is 0.344 e. The second-order valence-electron chi connectivity index (χ2n) is 7.37. The van der Waals surface area contributed by atoms with Crippen LogP contribution in [-0.2, 0) is 14.3 Å². The Bertz CT molecular complexity index is 862. The third kappa shape index (κ3) is 7.28. The number of nitriles is 1. The van der Waals surface area contributed by atoms with Gasteiger partial charge >= 0.3 is 5.97 Å². The molecule has 168 valence electrons. The molecular formula is C23H29BrN2O5. The van der Waals surface area contributed by atoms with E-state index in [1.807, 2.05) is 13.0 Å². The number of carbonyl (C=O) groups is 2. The number of esters is 1. The van der Waals surface area contributed by atoms with E-state index in [1.54, 1.807) is 19.1 Å². The molecule has 0 aliphatic heterocycles. The van der Waals surface area contributed by atoms with Crippen molar-refractivity contribution in [3.63, 3.8) is 0 Å². The highest BCUT2D eigenvalue weighted by atomic mass is 79.9. The van der Waals surface area contributed by atoms with Crippen LogP contribution in [0.3, 0.4) is 0 Å². The van der Waals surface area contributed by atoms with Gasteiger partial charge in [-0.15, -0.1) is 0 Å². The summed E-state index contributed by atoms with van der Waals surface area (Å²) in [6.07, 6.45) is 5.78. The van der Waals surface area contributed by atoms with Crippen LogP contribution in [0, 0.1) is 17.2 Å². The van der Waals surface area contributed by atoms with Crippen molar-refractivity contribution in [2.24, 2.45) is 5.92 Å². The van der Waals surface area contributed by atoms with Crippen molar-refractivity contribution < 1.29 is 23.8 Å². The van der Waals surface area contributed by atoms with Crippen molar-refractivity contribution in [1.29, 1.82) is 5.26 Å². The Morgan fingerprint density at radius 2 is 1.97 bits per heavy atom. The predicted octanol–water partition coefficient (Wildman–Crippen LogP) is 4.39. The summed E-state index contributed by atoms with van der Waals surface area (Å²) in [6.45, 7) is 6.06. The highest BCUT2D eigenvalue weighted by molar-refractivity contribution is 9.10. The maximum Gasteiger partial charge on any atom is 0.344 e. The lowest BCUT2D eigenvalue weighted by atomic mass is 9.86. The Hall–Kier alpha value is -2.53. The number of hydrogen-bond donors (Lipinski definition) is 1. The van der Waals surface area contributed by atoms with Crippen LogP contribution >= 0.6 is 15.9 Å². The molecule has 1 N–H and O–H groups in total. The minimum absolute atomic E-state index is 0.0207. The summed E-state index contributed by atoms with van der Waals surface area (Å²) in [5.74, 6) is 0.281. The van der Waals surface area contributed by atoms with Crippen molar-refractivity contribution in [2.45, 2.75) is 52.5 Å². The number of nitrogens with one attached hydrogen (secondary N) is 1. The molecule has 0 saturated heterocycles. The van der Waals surface area contributed by atoms with E-state index < -0.39 is 5.97 Å². The molecule has 0 heterocycles. The zero-order chi connectivity index (χ0) is 22.8. The Morgan fingerprint density at radius 1 is 1.23 bits per heavy atom. The molecule has 0 aromatic heterocycles. The van der Waals surface area contributed by atoms with E-state index >= 15 is 0 Å². The number of halogens is 1. The molecule has 1 aromatic rings. The van der Waals surface area contributed by atoms with Gasteiger partial charge in [0, 0.05) is 6.04 Å². The first-order valence-electron chi connectivity index (χ1n) is 10.6. The quantitative estimate of drug-likeness (QED) is 0.311. The number of carbonyl (C=O) groups excluding carboxylic acids is 2. The lowest BCUT2D eigenvalue weighted by Gasteiger charge is -2.29. The molecule has 8 heteroatoms. The standard InChI is InChI=1S/C23H29BrN2O5/c1-4-29-20-12-16(11-18(24)22(20)31-14-21(27)30-5-2)10-17(13-25)23(28)26-19-9-7-6-8-15(19)3/h10-12,15,19H,4-9,14H2,1-3H3,(H,26,28)/b17-10+/t15-,19+/m0/s1. The van der Waals surface area contributed by atoms with Gasteiger partial charge in [0.1, 0.15) is 11.6 Å². The van der Waals surface area contributed by atoms with Gasteiger partial charge in [0.15, 0.2) is 18.1 Å². The first kappa shape index (κ1) is 24.7. The summed E-state index contributed by atoms with van der Waals surface area (Å²) >= 11 is 3.42. The molecule has 1 aliphatic rings. The third-order valence-electron chi connectivity index (χ3n) is 5.08. The second kappa shape index (κ2) is 12.4. The van der Waals surface area contributed by atoms with Crippen LogP contribution in [0.15, 0.2) is 22.2 Å². The van der Waals surface area contributed by atoms with Crippen LogP contribution < -0.4 is 14.8 Å². The van der Waals surface area contributed by atoms with Gasteiger partial charge in [-0.2, -0.15) is 5.26 Å². The highest BCUT2D eigenvalue weighted by Gasteiger charge is 2.24. The molecule has 2 atom stereocenters. The molecule has 0 spiro atoms. The molecule has 1 saturated carbocycles. The predicted molar refractivity (Wildman–Crippen MR) is 121 cm³/mol. The molecule has 2 rings (SSSR count). The molecule has 1 fully saturated rings. The van der Waals surface area contributed by atoms with E-state index in [-0.39, 0.29) is 30.7 Å². The van der Waals surface area contributed by atoms with E-state index in [0.717, 1.165) is 19.3 Å². The van der Waals surface area contributed by atoms with Crippen molar-refractivity contribution >= 4 is 33.9 Å². The van der Waals surface area contributed by atoms with Gasteiger partial charge in [-0.05, 0) is 72.3 Å². The maximum absolute atomic E-state index is 12.7. The van der Waals surface area contributed by atoms with Gasteiger partial charge in [0.2, 0.25) is 0 Å². The minimum atomic E-state index is -0.485. The normalized spacial score (nSPS) is 18.6. The summed E-state index contributed by atoms with van der Waals surface area (Å²) in [4.78, 5) is 24.3. The fraction of sp³-hybridized carbons (Fsp3) is 0.522. The van der Waals surface area contributed by atoms with Gasteiger partial charge in [0.25, 0.3) is 5.91 Å². The monoisotopic (exact) mass is 492 g/mol. The SMILES string of the molecule is CCOC(=O)COc1c(Br)cc(/C=C(\C#N)C(=O)N[C@@H]2CCCC[C@@H]2C)cc1OCC. The Morgan fingerprint density at radius 3 is 2.61 bits per heavy atom. The molecule has 0 bridgehead atoms. The van der Waals surface area contributed by atoms with Crippen LogP contribution in [0.1, 0.15) is 52.0 Å². The maximum atomic E-state index is 12.7. The minimum Gasteiger partial charge on any atom is -0.490 e. The van der Waals surface area contributed by atoms with Gasteiger partial charge in [-0.3, -0.25) is 4.79 Å². The second-order valence-corrected chi connectivity index (χ2v) is 8.22. The van der Waals surface area contributed by atoms with E-state index in [4.69, 9.17) is 14.2 Å². The Balaban J connectivity index is 2.22. The molecule has 1 amide bonds. The number of ether oxygens (including phenoxy) is 3. The summed E-state index contributed by atoms with van der Waals surface area (Å²) in [5, 5.41) is 12.5. The molecule has 0 radical (unpaired) electrons. The Kier molecular flexibility index (Phi) is 9.86. The number of hydrogen-bond acceptors (Lipinski definition) is 6. The van der Waals surface area contributed by atoms with Gasteiger partial charge < -0.3 is 19.5 Å². The van der Waals surface area contributed by atoms with E-state index in [9.17, 15) is 14.9 Å². The average Bonchev–Trinajstić information content (AvgIpc) is 2.73. The molecule has 0 unspecified atom stereocenters. The van der Waals surface area contributed by atoms with Crippen molar-refractivity contribution in [1.82, 2.24) is 5.32 Å². The fourth-order valence-corrected chi connectivity index (χ4v) is 4.07. The zero-order valence-electron chi connectivity index (χ0n) is 18.2. The Labute approximate surface area is 191 Å². The molecular weight excluding hydrogens is 464 g/mol. The zero-order valence-corrected chi connectivity index (χ0v) is 19.8. The van der Waals surface area contributed by atoms with Crippen molar-refractivity contribution in [3.05, 3.63) is 27.7 Å². The largest absolute Gasteiger partial charge is 0.490 e. The van der Waals surface area contributed by atoms with E-state index in [0.29, 0.717) is 34.1 Å². The van der Waals surface area contributed by atoms with E-state index in [2.05, 4.69) is 28.2 Å². The van der Waals surface area contributed by atoms with E-state index in [1.165, 1.54) is 12.5 Å². The van der Waals surface area contributed by atoms with Crippen LogP contribution in [0.2, 0.25) is 0 Å². The van der Waals surface area contributed by atoms with Gasteiger partial charge in [-0.1, -0.05) is 19.8 Å². The van der Waals surface area contributed by atoms with Crippen LogP contribution in [0.4, 0.5) is 0 Å². The van der Waals surface area contributed by atoms with Crippen molar-refractivity contribution in [3.8, 4) is 17.6 Å². The van der Waals surface area contributed by atoms with Crippen LogP contribution in [0.25, 0.3) is 6.08 Å².